The van der Waals surface area contributed by atoms with Gasteiger partial charge in [0.15, 0.2) is 0 Å². The average Bonchev–Trinajstić information content (AvgIpc) is 2.96. The van der Waals surface area contributed by atoms with Crippen molar-refractivity contribution in [3.63, 3.8) is 0 Å². The Labute approximate surface area is 102 Å². The first-order chi connectivity index (χ1) is 8.08. The molecule has 1 N–H and O–H groups in total. The summed E-state index contributed by atoms with van der Waals surface area (Å²) in [5.41, 5.74) is -0.491. The minimum atomic E-state index is -0.491. The molecule has 1 aromatic heterocycles. The molecule has 17 heavy (non-hydrogen) atoms. The number of nitrogens with zero attached hydrogens (tertiary/aromatic N) is 2. The van der Waals surface area contributed by atoms with Crippen molar-refractivity contribution in [2.24, 2.45) is 0 Å². The van der Waals surface area contributed by atoms with Gasteiger partial charge in [0.25, 0.3) is 0 Å². The molecule has 96 valence electrons. The molecule has 5 heteroatoms. The first kappa shape index (κ1) is 12.5. The van der Waals surface area contributed by atoms with Crippen molar-refractivity contribution in [2.75, 3.05) is 14.2 Å². The summed E-state index contributed by atoms with van der Waals surface area (Å²) >= 11 is 0. The number of likely N-dealkylation sites (N-methyl/N-ethyl adjacent to an activating group) is 1. The van der Waals surface area contributed by atoms with Crippen molar-refractivity contribution >= 4 is 0 Å². The van der Waals surface area contributed by atoms with Gasteiger partial charge in [0.05, 0.1) is 5.92 Å². The Hall–Kier alpha value is -0.940. The fourth-order valence-electron chi connectivity index (χ4n) is 2.32. The maximum absolute atomic E-state index is 5.39. The number of rotatable bonds is 4. The predicted molar refractivity (Wildman–Crippen MR) is 63.8 cm³/mol. The summed E-state index contributed by atoms with van der Waals surface area (Å²) in [6, 6.07) is 0.453. The van der Waals surface area contributed by atoms with Crippen LogP contribution in [0.15, 0.2) is 4.52 Å². The molecule has 0 spiro atoms. The van der Waals surface area contributed by atoms with Crippen molar-refractivity contribution in [3.05, 3.63) is 11.7 Å². The van der Waals surface area contributed by atoms with E-state index in [1.165, 1.54) is 12.8 Å². The summed E-state index contributed by atoms with van der Waals surface area (Å²) in [7, 11) is 3.64. The Morgan fingerprint density at radius 3 is 2.82 bits per heavy atom. The molecule has 0 aromatic carbocycles. The summed E-state index contributed by atoms with van der Waals surface area (Å²) in [4.78, 5) is 4.49. The SMILES string of the molecule is CNC1CCCC1c1nc(C(C)(C)OC)no1. The number of ether oxygens (including phenoxy) is 1. The second kappa shape index (κ2) is 4.74. The van der Waals surface area contributed by atoms with Gasteiger partial charge in [-0.3, -0.25) is 0 Å². The Morgan fingerprint density at radius 1 is 1.41 bits per heavy atom. The van der Waals surface area contributed by atoms with Crippen LogP contribution in [-0.2, 0) is 10.3 Å². The van der Waals surface area contributed by atoms with E-state index in [4.69, 9.17) is 9.26 Å². The van der Waals surface area contributed by atoms with Crippen LogP contribution in [0.25, 0.3) is 0 Å². The highest BCUT2D eigenvalue weighted by molar-refractivity contribution is 5.05. The molecular weight excluding hydrogens is 218 g/mol. The zero-order valence-electron chi connectivity index (χ0n) is 11.0. The van der Waals surface area contributed by atoms with Crippen molar-refractivity contribution in [2.45, 2.75) is 50.7 Å². The van der Waals surface area contributed by atoms with E-state index >= 15 is 0 Å². The van der Waals surface area contributed by atoms with Crippen LogP contribution in [0.1, 0.15) is 50.7 Å². The van der Waals surface area contributed by atoms with E-state index in [0.29, 0.717) is 17.8 Å². The molecule has 2 rings (SSSR count). The quantitative estimate of drug-likeness (QED) is 0.868. The second-order valence-corrected chi connectivity index (χ2v) is 5.10. The molecule has 0 amide bonds. The first-order valence-corrected chi connectivity index (χ1v) is 6.15. The molecule has 2 atom stereocenters. The van der Waals surface area contributed by atoms with Gasteiger partial charge in [-0.05, 0) is 33.7 Å². The van der Waals surface area contributed by atoms with Crippen LogP contribution >= 0.6 is 0 Å². The summed E-state index contributed by atoms with van der Waals surface area (Å²) in [5, 5.41) is 7.35. The molecule has 1 aliphatic carbocycles. The van der Waals surface area contributed by atoms with Crippen molar-refractivity contribution in [3.8, 4) is 0 Å². The van der Waals surface area contributed by atoms with Gasteiger partial charge in [0.1, 0.15) is 5.60 Å². The molecule has 1 aliphatic rings. The first-order valence-electron chi connectivity index (χ1n) is 6.15. The fraction of sp³-hybridized carbons (Fsp3) is 0.833. The molecule has 0 radical (unpaired) electrons. The minimum Gasteiger partial charge on any atom is -0.371 e. The van der Waals surface area contributed by atoms with Crippen LogP contribution in [0.2, 0.25) is 0 Å². The van der Waals surface area contributed by atoms with Crippen LogP contribution < -0.4 is 5.32 Å². The Balaban J connectivity index is 2.18. The van der Waals surface area contributed by atoms with Crippen molar-refractivity contribution < 1.29 is 9.26 Å². The van der Waals surface area contributed by atoms with Gasteiger partial charge in [-0.15, -0.1) is 0 Å². The normalized spacial score (nSPS) is 25.4. The van der Waals surface area contributed by atoms with Crippen LogP contribution in [0.4, 0.5) is 0 Å². The lowest BCUT2D eigenvalue weighted by atomic mass is 10.0. The van der Waals surface area contributed by atoms with Gasteiger partial charge in [0.2, 0.25) is 11.7 Å². The predicted octanol–water partition coefficient (Wildman–Crippen LogP) is 1.81. The van der Waals surface area contributed by atoms with Crippen LogP contribution in [0.3, 0.4) is 0 Å². The standard InChI is InChI=1S/C12H21N3O2/c1-12(2,16-4)11-14-10(17-15-11)8-6-5-7-9(8)13-3/h8-9,13H,5-7H2,1-4H3. The monoisotopic (exact) mass is 239 g/mol. The third-order valence-electron chi connectivity index (χ3n) is 3.69. The Morgan fingerprint density at radius 2 is 2.18 bits per heavy atom. The molecule has 2 unspecified atom stereocenters. The number of aromatic nitrogens is 2. The summed E-state index contributed by atoms with van der Waals surface area (Å²) in [6.07, 6.45) is 3.49. The maximum Gasteiger partial charge on any atom is 0.231 e. The molecule has 1 fully saturated rings. The zero-order valence-corrected chi connectivity index (χ0v) is 11.0. The summed E-state index contributed by atoms with van der Waals surface area (Å²) < 4.78 is 10.7. The molecule has 1 heterocycles. The van der Waals surface area contributed by atoms with E-state index in [-0.39, 0.29) is 0 Å². The number of hydrogen-bond donors (Lipinski definition) is 1. The lowest BCUT2D eigenvalue weighted by Gasteiger charge is -2.18. The molecular formula is C12H21N3O2. The van der Waals surface area contributed by atoms with E-state index in [9.17, 15) is 0 Å². The Kier molecular flexibility index (Phi) is 3.49. The van der Waals surface area contributed by atoms with E-state index in [1.54, 1.807) is 7.11 Å². The number of hydrogen-bond acceptors (Lipinski definition) is 5. The molecule has 1 saturated carbocycles. The molecule has 1 aromatic rings. The van der Waals surface area contributed by atoms with Gasteiger partial charge < -0.3 is 14.6 Å². The second-order valence-electron chi connectivity index (χ2n) is 5.10. The molecule has 5 nitrogen and oxygen atoms in total. The van der Waals surface area contributed by atoms with Crippen molar-refractivity contribution in [1.82, 2.24) is 15.5 Å². The van der Waals surface area contributed by atoms with Gasteiger partial charge in [-0.1, -0.05) is 11.6 Å². The lowest BCUT2D eigenvalue weighted by molar-refractivity contribution is 0.00973. The zero-order chi connectivity index (χ0) is 12.5. The fourth-order valence-corrected chi connectivity index (χ4v) is 2.32. The van der Waals surface area contributed by atoms with Gasteiger partial charge in [-0.2, -0.15) is 4.98 Å². The average molecular weight is 239 g/mol. The van der Waals surface area contributed by atoms with Crippen LogP contribution in [-0.4, -0.2) is 30.3 Å². The maximum atomic E-state index is 5.39. The highest BCUT2D eigenvalue weighted by Crippen LogP contribution is 2.34. The molecule has 0 saturated heterocycles. The van der Waals surface area contributed by atoms with Crippen molar-refractivity contribution in [1.29, 1.82) is 0 Å². The van der Waals surface area contributed by atoms with E-state index in [0.717, 1.165) is 12.3 Å². The third-order valence-corrected chi connectivity index (χ3v) is 3.69. The largest absolute Gasteiger partial charge is 0.371 e. The third kappa shape index (κ3) is 2.35. The van der Waals surface area contributed by atoms with Gasteiger partial charge >= 0.3 is 0 Å². The molecule has 0 aliphatic heterocycles. The summed E-state index contributed by atoms with van der Waals surface area (Å²) in [6.45, 7) is 3.87. The lowest BCUT2D eigenvalue weighted by Crippen LogP contribution is -2.28. The summed E-state index contributed by atoms with van der Waals surface area (Å²) in [5.74, 6) is 1.70. The smallest absolute Gasteiger partial charge is 0.231 e. The number of methoxy groups -OCH3 is 1. The van der Waals surface area contributed by atoms with E-state index in [1.807, 2.05) is 20.9 Å². The van der Waals surface area contributed by atoms with E-state index < -0.39 is 5.60 Å². The Bertz CT molecular complexity index is 376. The van der Waals surface area contributed by atoms with Crippen LogP contribution in [0, 0.1) is 0 Å². The topological polar surface area (TPSA) is 60.2 Å². The highest BCUT2D eigenvalue weighted by Gasteiger charge is 2.34. The van der Waals surface area contributed by atoms with Crippen LogP contribution in [0.5, 0.6) is 0 Å². The van der Waals surface area contributed by atoms with E-state index in [2.05, 4.69) is 15.5 Å². The number of nitrogens with one attached hydrogen (secondary N) is 1. The minimum absolute atomic E-state index is 0.342. The van der Waals surface area contributed by atoms with Gasteiger partial charge in [0, 0.05) is 13.2 Å². The highest BCUT2D eigenvalue weighted by atomic mass is 16.5. The van der Waals surface area contributed by atoms with Gasteiger partial charge in [-0.25, -0.2) is 0 Å². The molecule has 0 bridgehead atoms.